The smallest absolute Gasteiger partial charge is 0.168 e. The zero-order valence-corrected chi connectivity index (χ0v) is 10.3. The van der Waals surface area contributed by atoms with Crippen LogP contribution in [0.1, 0.15) is 68.0 Å². The van der Waals surface area contributed by atoms with E-state index in [2.05, 4.69) is 12.1 Å². The van der Waals surface area contributed by atoms with Crippen molar-refractivity contribution in [3.63, 3.8) is 0 Å². The number of hydrogen-bond acceptors (Lipinski definition) is 3. The number of aromatic nitrogens is 1. The van der Waals surface area contributed by atoms with E-state index in [-0.39, 0.29) is 5.78 Å². The summed E-state index contributed by atoms with van der Waals surface area (Å²) in [5.41, 5.74) is 0.647. The monoisotopic (exact) mass is 223 g/mol. The van der Waals surface area contributed by atoms with Crippen molar-refractivity contribution in [1.82, 2.24) is 5.16 Å². The molecule has 0 saturated carbocycles. The molecule has 0 saturated heterocycles. The van der Waals surface area contributed by atoms with Gasteiger partial charge in [-0.15, -0.1) is 0 Å². The molecule has 1 rings (SSSR count). The van der Waals surface area contributed by atoms with Crippen LogP contribution in [-0.4, -0.2) is 10.9 Å². The van der Waals surface area contributed by atoms with Crippen molar-refractivity contribution < 1.29 is 9.32 Å². The first-order valence-electron chi connectivity index (χ1n) is 6.20. The lowest BCUT2D eigenvalue weighted by molar-refractivity contribution is 0.0977. The van der Waals surface area contributed by atoms with E-state index in [1.54, 1.807) is 6.92 Å². The molecule has 90 valence electrons. The van der Waals surface area contributed by atoms with Crippen LogP contribution in [0.5, 0.6) is 0 Å². The van der Waals surface area contributed by atoms with E-state index in [0.717, 1.165) is 12.8 Å². The molecule has 3 heteroatoms. The molecule has 0 atom stereocenters. The van der Waals surface area contributed by atoms with Gasteiger partial charge < -0.3 is 4.52 Å². The first-order valence-corrected chi connectivity index (χ1v) is 6.20. The number of rotatable bonds is 8. The van der Waals surface area contributed by atoms with Gasteiger partial charge in [-0.05, 0) is 13.3 Å². The van der Waals surface area contributed by atoms with Crippen LogP contribution in [0.2, 0.25) is 0 Å². The average molecular weight is 223 g/mol. The summed E-state index contributed by atoms with van der Waals surface area (Å²) >= 11 is 0. The molecule has 0 radical (unpaired) electrons. The quantitative estimate of drug-likeness (QED) is 0.495. The fourth-order valence-corrected chi connectivity index (χ4v) is 1.77. The summed E-state index contributed by atoms with van der Waals surface area (Å²) in [4.78, 5) is 11.7. The van der Waals surface area contributed by atoms with E-state index >= 15 is 0 Å². The standard InChI is InChI=1S/C13H21NO2/c1-3-4-5-6-7-8-9-13(15)12-10-14-16-11(12)2/h10H,3-9H2,1-2H3. The summed E-state index contributed by atoms with van der Waals surface area (Å²) < 4.78 is 4.87. The SMILES string of the molecule is CCCCCCCCC(=O)c1cnoc1C. The number of ketones is 1. The van der Waals surface area contributed by atoms with Crippen LogP contribution in [0.25, 0.3) is 0 Å². The van der Waals surface area contributed by atoms with E-state index in [1.165, 1.54) is 31.9 Å². The van der Waals surface area contributed by atoms with Crippen LogP contribution >= 0.6 is 0 Å². The van der Waals surface area contributed by atoms with Gasteiger partial charge in [-0.2, -0.15) is 0 Å². The van der Waals surface area contributed by atoms with E-state index in [0.29, 0.717) is 17.7 Å². The molecular formula is C13H21NO2. The Hall–Kier alpha value is -1.12. The normalized spacial score (nSPS) is 10.6. The van der Waals surface area contributed by atoms with Crippen LogP contribution in [0, 0.1) is 6.92 Å². The third kappa shape index (κ3) is 4.17. The molecular weight excluding hydrogens is 202 g/mol. The van der Waals surface area contributed by atoms with Crippen molar-refractivity contribution in [2.75, 3.05) is 0 Å². The van der Waals surface area contributed by atoms with Crippen LogP contribution in [0.15, 0.2) is 10.7 Å². The lowest BCUT2D eigenvalue weighted by Crippen LogP contribution is -1.99. The molecule has 0 N–H and O–H groups in total. The molecule has 0 aromatic carbocycles. The Morgan fingerprint density at radius 1 is 1.25 bits per heavy atom. The van der Waals surface area contributed by atoms with Crippen molar-refractivity contribution in [3.8, 4) is 0 Å². The van der Waals surface area contributed by atoms with Crippen LogP contribution in [-0.2, 0) is 0 Å². The highest BCUT2D eigenvalue weighted by atomic mass is 16.5. The molecule has 3 nitrogen and oxygen atoms in total. The minimum atomic E-state index is 0.161. The zero-order chi connectivity index (χ0) is 11.8. The third-order valence-corrected chi connectivity index (χ3v) is 2.81. The van der Waals surface area contributed by atoms with E-state index < -0.39 is 0 Å². The van der Waals surface area contributed by atoms with Crippen molar-refractivity contribution >= 4 is 5.78 Å². The van der Waals surface area contributed by atoms with Crippen molar-refractivity contribution in [1.29, 1.82) is 0 Å². The molecule has 0 unspecified atom stereocenters. The maximum atomic E-state index is 11.7. The first kappa shape index (κ1) is 12.9. The molecule has 16 heavy (non-hydrogen) atoms. The number of Topliss-reactive ketones (excluding diaryl/α,β-unsaturated/α-hetero) is 1. The van der Waals surface area contributed by atoms with E-state index in [1.807, 2.05) is 0 Å². The van der Waals surface area contributed by atoms with E-state index in [4.69, 9.17) is 4.52 Å². The lowest BCUT2D eigenvalue weighted by Gasteiger charge is -2.00. The number of nitrogens with zero attached hydrogens (tertiary/aromatic N) is 1. The number of hydrogen-bond donors (Lipinski definition) is 0. The second kappa shape index (κ2) is 7.20. The zero-order valence-electron chi connectivity index (χ0n) is 10.3. The molecule has 0 aliphatic heterocycles. The summed E-state index contributed by atoms with van der Waals surface area (Å²) in [7, 11) is 0. The minimum absolute atomic E-state index is 0.161. The van der Waals surface area contributed by atoms with Gasteiger partial charge in [-0.1, -0.05) is 44.2 Å². The first-order chi connectivity index (χ1) is 7.75. The van der Waals surface area contributed by atoms with Gasteiger partial charge in [0, 0.05) is 6.42 Å². The molecule has 0 aliphatic carbocycles. The predicted octanol–water partition coefficient (Wildman–Crippen LogP) is 3.92. The Morgan fingerprint density at radius 3 is 2.56 bits per heavy atom. The summed E-state index contributed by atoms with van der Waals surface area (Å²) in [6.45, 7) is 3.99. The van der Waals surface area contributed by atoms with Crippen LogP contribution in [0.3, 0.4) is 0 Å². The highest BCUT2D eigenvalue weighted by Gasteiger charge is 2.11. The fourth-order valence-electron chi connectivity index (χ4n) is 1.77. The van der Waals surface area contributed by atoms with Gasteiger partial charge in [-0.3, -0.25) is 4.79 Å². The Kier molecular flexibility index (Phi) is 5.83. The molecule has 0 aliphatic rings. The largest absolute Gasteiger partial charge is 0.361 e. The van der Waals surface area contributed by atoms with Gasteiger partial charge >= 0.3 is 0 Å². The van der Waals surface area contributed by atoms with Crippen molar-refractivity contribution in [2.24, 2.45) is 0 Å². The molecule has 1 aromatic rings. The van der Waals surface area contributed by atoms with Gasteiger partial charge in [-0.25, -0.2) is 0 Å². The van der Waals surface area contributed by atoms with Crippen LogP contribution in [0.4, 0.5) is 0 Å². The molecule has 0 amide bonds. The van der Waals surface area contributed by atoms with Gasteiger partial charge in [0.05, 0.1) is 11.8 Å². The van der Waals surface area contributed by atoms with Crippen molar-refractivity contribution in [2.45, 2.75) is 58.8 Å². The van der Waals surface area contributed by atoms with Gasteiger partial charge in [0.1, 0.15) is 5.76 Å². The maximum absolute atomic E-state index is 11.7. The summed E-state index contributed by atoms with van der Waals surface area (Å²) in [5.74, 6) is 0.797. The number of carbonyl (C=O) groups is 1. The topological polar surface area (TPSA) is 43.1 Å². The van der Waals surface area contributed by atoms with Gasteiger partial charge in [0.2, 0.25) is 0 Å². The fraction of sp³-hybridized carbons (Fsp3) is 0.692. The average Bonchev–Trinajstić information content (AvgIpc) is 2.69. The van der Waals surface area contributed by atoms with Crippen LogP contribution < -0.4 is 0 Å². The molecule has 0 fully saturated rings. The summed E-state index contributed by atoms with van der Waals surface area (Å²) in [6, 6.07) is 0. The highest BCUT2D eigenvalue weighted by Crippen LogP contribution is 2.13. The Bertz CT molecular complexity index is 317. The second-order valence-corrected chi connectivity index (χ2v) is 4.24. The van der Waals surface area contributed by atoms with Gasteiger partial charge in [0.25, 0.3) is 0 Å². The third-order valence-electron chi connectivity index (χ3n) is 2.81. The molecule has 0 bridgehead atoms. The molecule has 1 heterocycles. The number of unbranched alkanes of at least 4 members (excludes halogenated alkanes) is 5. The Labute approximate surface area is 97.2 Å². The van der Waals surface area contributed by atoms with Crippen molar-refractivity contribution in [3.05, 3.63) is 17.5 Å². The maximum Gasteiger partial charge on any atom is 0.168 e. The minimum Gasteiger partial charge on any atom is -0.361 e. The highest BCUT2D eigenvalue weighted by molar-refractivity contribution is 5.96. The number of carbonyl (C=O) groups excluding carboxylic acids is 1. The Morgan fingerprint density at radius 2 is 1.94 bits per heavy atom. The lowest BCUT2D eigenvalue weighted by atomic mass is 10.0. The molecule has 1 aromatic heterocycles. The van der Waals surface area contributed by atoms with Gasteiger partial charge in [0.15, 0.2) is 5.78 Å². The summed E-state index contributed by atoms with van der Waals surface area (Å²) in [5, 5.41) is 3.62. The predicted molar refractivity (Wildman–Crippen MR) is 63.6 cm³/mol. The number of aryl methyl sites for hydroxylation is 1. The second-order valence-electron chi connectivity index (χ2n) is 4.24. The molecule has 0 spiro atoms. The Balaban J connectivity index is 2.14. The van der Waals surface area contributed by atoms with E-state index in [9.17, 15) is 4.79 Å². The summed E-state index contributed by atoms with van der Waals surface area (Å²) in [6.07, 6.45) is 9.37.